The number of halogens is 1. The molecule has 2 N–H and O–H groups in total. The molecule has 4 nitrogen and oxygen atoms in total. The van der Waals surface area contributed by atoms with E-state index in [1.807, 2.05) is 12.1 Å². The van der Waals surface area contributed by atoms with Crippen LogP contribution in [0.25, 0.3) is 0 Å². The third-order valence-electron chi connectivity index (χ3n) is 4.27. The van der Waals surface area contributed by atoms with Crippen molar-refractivity contribution >= 4 is 11.6 Å². The average Bonchev–Trinajstić information content (AvgIpc) is 3.07. The maximum atomic E-state index is 9.32. The van der Waals surface area contributed by atoms with Crippen LogP contribution in [0.3, 0.4) is 0 Å². The van der Waals surface area contributed by atoms with Crippen molar-refractivity contribution in [3.63, 3.8) is 0 Å². The molecule has 110 valence electrons. The number of aliphatic hydroxyl groups excluding tert-OH is 1. The highest BCUT2D eigenvalue weighted by Crippen LogP contribution is 2.39. The Hall–Kier alpha value is -0.970. The zero-order valence-electron chi connectivity index (χ0n) is 11.4. The van der Waals surface area contributed by atoms with E-state index in [2.05, 4.69) is 5.32 Å². The Labute approximate surface area is 124 Å². The van der Waals surface area contributed by atoms with Gasteiger partial charge < -0.3 is 19.9 Å². The van der Waals surface area contributed by atoms with Gasteiger partial charge in [0.25, 0.3) is 0 Å². The molecule has 0 spiro atoms. The summed E-state index contributed by atoms with van der Waals surface area (Å²) in [6.45, 7) is 2.25. The predicted octanol–water partition coefficient (Wildman–Crippen LogP) is 2.57. The van der Waals surface area contributed by atoms with Crippen molar-refractivity contribution in [2.45, 2.75) is 25.8 Å². The van der Waals surface area contributed by atoms with Gasteiger partial charge in [0.05, 0.1) is 5.02 Å². The van der Waals surface area contributed by atoms with Gasteiger partial charge in [-0.15, -0.1) is 0 Å². The molecule has 20 heavy (non-hydrogen) atoms. The van der Waals surface area contributed by atoms with E-state index in [0.717, 1.165) is 30.8 Å². The fraction of sp³-hybridized carbons (Fsp3) is 0.600. The molecular weight excluding hydrogens is 278 g/mol. The number of fused-ring (bicyclic) bond motifs is 1. The Morgan fingerprint density at radius 1 is 1.25 bits per heavy atom. The molecular formula is C15H20ClNO3. The number of ether oxygens (including phenoxy) is 2. The fourth-order valence-corrected chi connectivity index (χ4v) is 3.44. The standard InChI is InChI=1S/C15H20ClNO3/c16-13-4-10(5-14-15(13)20-9-19-14)6-17-7-11-2-1-3-12(11)8-18/h4-5,11-12,17-18H,1-3,6-9H2. The summed E-state index contributed by atoms with van der Waals surface area (Å²) in [5.41, 5.74) is 1.10. The second-order valence-electron chi connectivity index (χ2n) is 5.58. The van der Waals surface area contributed by atoms with Gasteiger partial charge in [0.15, 0.2) is 11.5 Å². The summed E-state index contributed by atoms with van der Waals surface area (Å²) >= 11 is 6.16. The highest BCUT2D eigenvalue weighted by Gasteiger charge is 2.26. The molecule has 0 amide bonds. The number of nitrogens with one attached hydrogen (secondary N) is 1. The van der Waals surface area contributed by atoms with Crippen molar-refractivity contribution in [3.8, 4) is 11.5 Å². The monoisotopic (exact) mass is 297 g/mol. The zero-order chi connectivity index (χ0) is 13.9. The lowest BCUT2D eigenvalue weighted by atomic mass is 9.97. The lowest BCUT2D eigenvalue weighted by Crippen LogP contribution is -2.26. The molecule has 1 aliphatic heterocycles. The van der Waals surface area contributed by atoms with Crippen molar-refractivity contribution in [1.29, 1.82) is 0 Å². The highest BCUT2D eigenvalue weighted by molar-refractivity contribution is 6.32. The first-order valence-electron chi connectivity index (χ1n) is 7.17. The SMILES string of the molecule is OCC1CCCC1CNCc1cc(Cl)c2c(c1)OCO2. The molecule has 1 aliphatic carbocycles. The van der Waals surface area contributed by atoms with Crippen LogP contribution in [0.1, 0.15) is 24.8 Å². The third kappa shape index (κ3) is 2.87. The lowest BCUT2D eigenvalue weighted by molar-refractivity contribution is 0.174. The smallest absolute Gasteiger partial charge is 0.231 e. The van der Waals surface area contributed by atoms with Gasteiger partial charge in [0, 0.05) is 13.2 Å². The van der Waals surface area contributed by atoms with Crippen LogP contribution in [0.4, 0.5) is 0 Å². The minimum atomic E-state index is 0.242. The van der Waals surface area contributed by atoms with Crippen molar-refractivity contribution in [2.24, 2.45) is 11.8 Å². The molecule has 5 heteroatoms. The van der Waals surface area contributed by atoms with Gasteiger partial charge in [-0.25, -0.2) is 0 Å². The molecule has 1 fully saturated rings. The first-order chi connectivity index (χ1) is 9.78. The molecule has 3 rings (SSSR count). The summed E-state index contributed by atoms with van der Waals surface area (Å²) in [6, 6.07) is 3.89. The van der Waals surface area contributed by atoms with Crippen LogP contribution in [-0.2, 0) is 6.54 Å². The Bertz CT molecular complexity index is 480. The molecule has 0 bridgehead atoms. The molecule has 1 heterocycles. The van der Waals surface area contributed by atoms with Gasteiger partial charge in [-0.1, -0.05) is 18.0 Å². The predicted molar refractivity (Wildman–Crippen MR) is 77.2 cm³/mol. The van der Waals surface area contributed by atoms with Gasteiger partial charge in [-0.3, -0.25) is 0 Å². The van der Waals surface area contributed by atoms with Crippen molar-refractivity contribution in [2.75, 3.05) is 19.9 Å². The molecule has 1 saturated carbocycles. The number of benzene rings is 1. The van der Waals surface area contributed by atoms with Gasteiger partial charge in [0.1, 0.15) is 0 Å². The fourth-order valence-electron chi connectivity index (χ4n) is 3.15. The maximum Gasteiger partial charge on any atom is 0.231 e. The summed E-state index contributed by atoms with van der Waals surface area (Å²) in [7, 11) is 0. The van der Waals surface area contributed by atoms with E-state index >= 15 is 0 Å². The van der Waals surface area contributed by atoms with Gasteiger partial charge >= 0.3 is 0 Å². The van der Waals surface area contributed by atoms with Crippen LogP contribution in [0, 0.1) is 11.8 Å². The van der Waals surface area contributed by atoms with Crippen molar-refractivity contribution < 1.29 is 14.6 Å². The maximum absolute atomic E-state index is 9.32. The van der Waals surface area contributed by atoms with Crippen LogP contribution >= 0.6 is 11.6 Å². The van der Waals surface area contributed by atoms with Crippen LogP contribution in [-0.4, -0.2) is 25.1 Å². The first-order valence-corrected chi connectivity index (χ1v) is 7.55. The number of rotatable bonds is 5. The molecule has 1 aromatic carbocycles. The first kappa shape index (κ1) is 14.0. The largest absolute Gasteiger partial charge is 0.454 e. The van der Waals surface area contributed by atoms with Crippen LogP contribution < -0.4 is 14.8 Å². The van der Waals surface area contributed by atoms with Gasteiger partial charge in [0.2, 0.25) is 6.79 Å². The van der Waals surface area contributed by atoms with E-state index in [1.165, 1.54) is 12.8 Å². The molecule has 2 atom stereocenters. The summed E-state index contributed by atoms with van der Waals surface area (Å²) in [6.07, 6.45) is 3.59. The normalized spacial score (nSPS) is 24.3. The van der Waals surface area contributed by atoms with E-state index in [0.29, 0.717) is 29.2 Å². The van der Waals surface area contributed by atoms with E-state index in [9.17, 15) is 5.11 Å². The summed E-state index contributed by atoms with van der Waals surface area (Å²) < 4.78 is 10.7. The van der Waals surface area contributed by atoms with E-state index in [-0.39, 0.29) is 6.79 Å². The molecule has 2 unspecified atom stereocenters. The van der Waals surface area contributed by atoms with Crippen LogP contribution in [0.2, 0.25) is 5.02 Å². The Morgan fingerprint density at radius 3 is 2.95 bits per heavy atom. The molecule has 0 saturated heterocycles. The minimum Gasteiger partial charge on any atom is -0.454 e. The zero-order valence-corrected chi connectivity index (χ0v) is 12.2. The number of hydrogen-bond donors (Lipinski definition) is 2. The van der Waals surface area contributed by atoms with E-state index < -0.39 is 0 Å². The summed E-state index contributed by atoms with van der Waals surface area (Å²) in [5, 5.41) is 13.4. The third-order valence-corrected chi connectivity index (χ3v) is 4.55. The summed E-state index contributed by atoms with van der Waals surface area (Å²) in [4.78, 5) is 0. The van der Waals surface area contributed by atoms with Crippen LogP contribution in [0.5, 0.6) is 11.5 Å². The quantitative estimate of drug-likeness (QED) is 0.877. The van der Waals surface area contributed by atoms with Gasteiger partial charge in [-0.2, -0.15) is 0 Å². The van der Waals surface area contributed by atoms with Gasteiger partial charge in [-0.05, 0) is 48.9 Å². The summed E-state index contributed by atoms with van der Waals surface area (Å²) in [5.74, 6) is 2.42. The Balaban J connectivity index is 1.55. The van der Waals surface area contributed by atoms with E-state index in [1.54, 1.807) is 0 Å². The second-order valence-corrected chi connectivity index (χ2v) is 5.98. The second kappa shape index (κ2) is 6.20. The van der Waals surface area contributed by atoms with Crippen LogP contribution in [0.15, 0.2) is 12.1 Å². The molecule has 0 radical (unpaired) electrons. The topological polar surface area (TPSA) is 50.7 Å². The highest BCUT2D eigenvalue weighted by atomic mass is 35.5. The minimum absolute atomic E-state index is 0.242. The lowest BCUT2D eigenvalue weighted by Gasteiger charge is -2.18. The average molecular weight is 298 g/mol. The number of aliphatic hydroxyl groups is 1. The molecule has 2 aliphatic rings. The van der Waals surface area contributed by atoms with Crippen molar-refractivity contribution in [1.82, 2.24) is 5.32 Å². The van der Waals surface area contributed by atoms with E-state index in [4.69, 9.17) is 21.1 Å². The van der Waals surface area contributed by atoms with Crippen molar-refractivity contribution in [3.05, 3.63) is 22.7 Å². The molecule has 1 aromatic rings. The molecule has 0 aromatic heterocycles. The Morgan fingerprint density at radius 2 is 2.10 bits per heavy atom. The number of hydrogen-bond acceptors (Lipinski definition) is 4. The Kier molecular flexibility index (Phi) is 4.34.